The summed E-state index contributed by atoms with van der Waals surface area (Å²) in [5.74, 6) is 0.427. The first-order chi connectivity index (χ1) is 32.3. The Kier molecular flexibility index (Phi) is 12.8. The van der Waals surface area contributed by atoms with E-state index in [1.807, 2.05) is 107 Å². The Morgan fingerprint density at radius 1 is 0.851 bits per heavy atom. The molecule has 1 aliphatic rings. The Morgan fingerprint density at radius 2 is 1.58 bits per heavy atom. The number of aryl methyl sites for hydroxylation is 5. The summed E-state index contributed by atoms with van der Waals surface area (Å²) in [6.45, 7) is 11.4. The van der Waals surface area contributed by atoms with E-state index in [9.17, 15) is 9.90 Å². The predicted octanol–water partition coefficient (Wildman–Crippen LogP) is 11.7. The van der Waals surface area contributed by atoms with Crippen LogP contribution < -0.4 is 14.4 Å². The molecule has 1 atom stereocenters. The van der Waals surface area contributed by atoms with Gasteiger partial charge in [-0.1, -0.05) is 65.7 Å². The molecule has 1 aliphatic heterocycles. The number of carboxylic acid groups (broad SMARTS) is 1. The average Bonchev–Trinajstić information content (AvgIpc) is 3.86. The van der Waals surface area contributed by atoms with Crippen LogP contribution in [0.15, 0.2) is 97.2 Å². The van der Waals surface area contributed by atoms with Crippen LogP contribution >= 0.6 is 23.2 Å². The lowest BCUT2D eigenvalue weighted by molar-refractivity contribution is 0.0686. The number of rotatable bonds is 15. The number of hydrogen-bond donors (Lipinski definition) is 1. The first kappa shape index (κ1) is 45.4. The zero-order valence-corrected chi connectivity index (χ0v) is 39.7. The second kappa shape index (κ2) is 18.9. The molecule has 9 rings (SSSR count). The fourth-order valence-corrected chi connectivity index (χ4v) is 9.93. The highest BCUT2D eigenvalue weighted by atomic mass is 35.5. The third-order valence-corrected chi connectivity index (χ3v) is 13.4. The second-order valence-corrected chi connectivity index (χ2v) is 17.8. The third-order valence-electron chi connectivity index (χ3n) is 12.5. The van der Waals surface area contributed by atoms with Crippen molar-refractivity contribution in [2.24, 2.45) is 0 Å². The molecule has 4 aromatic carbocycles. The van der Waals surface area contributed by atoms with E-state index in [2.05, 4.69) is 16.5 Å². The third kappa shape index (κ3) is 8.61. The number of nitrogens with zero attached hydrogens (tertiary/aromatic N) is 6. The number of anilines is 1. The fourth-order valence-electron chi connectivity index (χ4n) is 9.58. The molecule has 0 aliphatic carbocycles. The lowest BCUT2D eigenvalue weighted by Crippen LogP contribution is -2.43. The quantitative estimate of drug-likeness (QED) is 0.0997. The van der Waals surface area contributed by atoms with Crippen molar-refractivity contribution in [3.05, 3.63) is 164 Å². The van der Waals surface area contributed by atoms with E-state index in [1.165, 1.54) is 0 Å². The monoisotopic (exact) mass is 936 g/mol. The Labute approximate surface area is 398 Å². The molecule has 1 unspecified atom stereocenters. The minimum Gasteiger partial charge on any atom is -0.496 e. The number of aromatic carboxylic acids is 1. The molecule has 0 saturated heterocycles. The number of hydrogen-bond acceptors (Lipinski definition) is 8. The van der Waals surface area contributed by atoms with Gasteiger partial charge in [0.25, 0.3) is 5.91 Å². The van der Waals surface area contributed by atoms with Crippen LogP contribution in [0.2, 0.25) is 10.0 Å². The largest absolute Gasteiger partial charge is 0.496 e. The molecule has 0 radical (unpaired) electrons. The van der Waals surface area contributed by atoms with Gasteiger partial charge in [0.1, 0.15) is 29.5 Å². The molecule has 342 valence electrons. The van der Waals surface area contributed by atoms with Crippen LogP contribution in [-0.2, 0) is 30.9 Å². The number of carboxylic acids is 1. The summed E-state index contributed by atoms with van der Waals surface area (Å²) < 4.78 is 22.0. The number of carbonyl (C=O) groups is 2. The maximum absolute atomic E-state index is 15.7. The molecule has 4 aromatic heterocycles. The molecule has 12 nitrogen and oxygen atoms in total. The number of aromatic nitrogens is 5. The summed E-state index contributed by atoms with van der Waals surface area (Å²) in [7, 11) is 1.55. The van der Waals surface area contributed by atoms with E-state index in [-0.39, 0.29) is 37.3 Å². The molecule has 0 fully saturated rings. The van der Waals surface area contributed by atoms with Crippen LogP contribution in [0.25, 0.3) is 32.9 Å². The maximum Gasteiger partial charge on any atom is 0.352 e. The minimum atomic E-state index is -1.11. The molecule has 14 heteroatoms. The van der Waals surface area contributed by atoms with Crippen molar-refractivity contribution in [2.45, 2.75) is 73.3 Å². The number of ether oxygens (including phenoxy) is 3. The van der Waals surface area contributed by atoms with Crippen LogP contribution in [0, 0.1) is 27.7 Å². The summed E-state index contributed by atoms with van der Waals surface area (Å²) in [5, 5.41) is 13.2. The predicted molar refractivity (Wildman–Crippen MR) is 262 cm³/mol. The van der Waals surface area contributed by atoms with E-state index >= 15 is 4.79 Å². The van der Waals surface area contributed by atoms with Gasteiger partial charge in [-0.15, -0.1) is 0 Å². The molecule has 67 heavy (non-hydrogen) atoms. The minimum absolute atomic E-state index is 0.0470. The SMILES string of the molecule is COc1ccc(N2CC(C)n3c(c(CCCOc4cc(C)c(Cl)c(C)c4)c4ccc(Cl)c(-c5c(C)nc(COCc6ccccc6)nc5C)c43)C2=O)c2c1cc(C(=O)O)n2Cc1ccccn1. The highest BCUT2D eigenvalue weighted by Crippen LogP contribution is 2.46. The molecule has 5 heterocycles. The molecule has 1 amide bonds. The summed E-state index contributed by atoms with van der Waals surface area (Å²) in [4.78, 5) is 44.7. The van der Waals surface area contributed by atoms with Crippen molar-refractivity contribution < 1.29 is 28.9 Å². The summed E-state index contributed by atoms with van der Waals surface area (Å²) >= 11 is 13.8. The maximum atomic E-state index is 15.7. The van der Waals surface area contributed by atoms with Crippen LogP contribution in [0.4, 0.5) is 5.69 Å². The van der Waals surface area contributed by atoms with Gasteiger partial charge >= 0.3 is 5.97 Å². The highest BCUT2D eigenvalue weighted by Gasteiger charge is 2.38. The molecular formula is C53H50Cl2N6O6. The summed E-state index contributed by atoms with van der Waals surface area (Å²) in [6.07, 6.45) is 2.77. The standard InChI is InChI=1S/C53H50Cl2N6O6/c1-30-23-37(24-31(2)48(30)55)67-22-12-16-38-39-17-18-41(54)47(46-33(4)57-45(58-34(46)5)29-66-28-35-13-8-7-9-14-35)50(39)61-32(3)26-60(52(62)51(38)61)42-19-20-44(65-6)40-25-43(53(63)64)59(49(40)42)27-36-15-10-11-21-56-36/h7-11,13-15,17-21,23-25,32H,12,16,22,26-29H2,1-6H3,(H,63,64). The van der Waals surface area contributed by atoms with Gasteiger partial charge < -0.3 is 33.4 Å². The summed E-state index contributed by atoms with van der Waals surface area (Å²) in [5.41, 5.74) is 9.94. The number of halogens is 2. The Morgan fingerprint density at radius 3 is 2.27 bits per heavy atom. The van der Waals surface area contributed by atoms with Crippen molar-refractivity contribution in [2.75, 3.05) is 25.2 Å². The van der Waals surface area contributed by atoms with Gasteiger partial charge in [0.2, 0.25) is 0 Å². The van der Waals surface area contributed by atoms with Gasteiger partial charge in [-0.05, 0) is 118 Å². The first-order valence-electron chi connectivity index (χ1n) is 22.2. The van der Waals surface area contributed by atoms with Gasteiger partial charge in [-0.3, -0.25) is 9.78 Å². The van der Waals surface area contributed by atoms with Gasteiger partial charge in [0.05, 0.1) is 54.3 Å². The van der Waals surface area contributed by atoms with Gasteiger partial charge in [-0.25, -0.2) is 14.8 Å². The number of amides is 1. The van der Waals surface area contributed by atoms with Crippen molar-refractivity contribution in [3.63, 3.8) is 0 Å². The van der Waals surface area contributed by atoms with Crippen LogP contribution in [0.5, 0.6) is 11.5 Å². The van der Waals surface area contributed by atoms with Crippen LogP contribution in [0.3, 0.4) is 0 Å². The van der Waals surface area contributed by atoms with Crippen molar-refractivity contribution in [1.29, 1.82) is 0 Å². The normalized spacial score (nSPS) is 13.7. The second-order valence-electron chi connectivity index (χ2n) is 17.1. The van der Waals surface area contributed by atoms with E-state index in [0.717, 1.165) is 61.4 Å². The molecule has 1 N–H and O–H groups in total. The molecule has 8 aromatic rings. The molecular weight excluding hydrogens is 888 g/mol. The summed E-state index contributed by atoms with van der Waals surface area (Å²) in [6, 6.07) is 28.2. The van der Waals surface area contributed by atoms with Gasteiger partial charge in [0.15, 0.2) is 5.82 Å². The van der Waals surface area contributed by atoms with Crippen molar-refractivity contribution in [1.82, 2.24) is 24.1 Å². The van der Waals surface area contributed by atoms with Crippen molar-refractivity contribution in [3.8, 4) is 22.6 Å². The Bertz CT molecular complexity index is 3160. The number of methoxy groups -OCH3 is 1. The number of benzene rings is 4. The smallest absolute Gasteiger partial charge is 0.352 e. The van der Waals surface area contributed by atoms with E-state index in [4.69, 9.17) is 47.4 Å². The highest BCUT2D eigenvalue weighted by molar-refractivity contribution is 6.35. The van der Waals surface area contributed by atoms with E-state index in [0.29, 0.717) is 75.7 Å². The number of carbonyl (C=O) groups excluding carboxylic acids is 1. The lowest BCUT2D eigenvalue weighted by atomic mass is 9.97. The Balaban J connectivity index is 1.17. The van der Waals surface area contributed by atoms with E-state index in [1.54, 1.807) is 34.9 Å². The lowest BCUT2D eigenvalue weighted by Gasteiger charge is -2.35. The molecule has 0 bridgehead atoms. The number of pyridine rings is 1. The molecule has 0 saturated carbocycles. The average molecular weight is 938 g/mol. The zero-order chi connectivity index (χ0) is 47.1. The number of fused-ring (bicyclic) bond motifs is 4. The van der Waals surface area contributed by atoms with Crippen molar-refractivity contribution >= 4 is 62.6 Å². The first-order valence-corrected chi connectivity index (χ1v) is 23.0. The van der Waals surface area contributed by atoms with Gasteiger partial charge in [-0.2, -0.15) is 0 Å². The zero-order valence-electron chi connectivity index (χ0n) is 38.2. The van der Waals surface area contributed by atoms with E-state index < -0.39 is 5.97 Å². The van der Waals surface area contributed by atoms with Gasteiger partial charge in [0, 0.05) is 57.1 Å². The molecule has 0 spiro atoms. The van der Waals surface area contributed by atoms with Crippen LogP contribution in [0.1, 0.15) is 85.5 Å². The Hall–Kier alpha value is -6.73. The van der Waals surface area contributed by atoms with Crippen LogP contribution in [-0.4, -0.2) is 61.3 Å². The topological polar surface area (TPSA) is 134 Å². The fraction of sp³-hybridized carbons (Fsp3) is 0.264.